The third-order valence-electron chi connectivity index (χ3n) is 7.05. The van der Waals surface area contributed by atoms with Gasteiger partial charge in [0.1, 0.15) is 0 Å². The highest BCUT2D eigenvalue weighted by Gasteiger charge is 2.16. The van der Waals surface area contributed by atoms with Crippen LogP contribution in [0.15, 0.2) is 54.9 Å². The summed E-state index contributed by atoms with van der Waals surface area (Å²) < 4.78 is 5.34. The summed E-state index contributed by atoms with van der Waals surface area (Å²) in [5, 5.41) is 9.23. The first-order valence-electron chi connectivity index (χ1n) is 13.3. The summed E-state index contributed by atoms with van der Waals surface area (Å²) in [5.41, 5.74) is 6.04. The zero-order chi connectivity index (χ0) is 25.8. The number of morpholine rings is 1. The molecule has 0 radical (unpaired) electrons. The van der Waals surface area contributed by atoms with Crippen molar-refractivity contribution in [2.24, 2.45) is 0 Å². The van der Waals surface area contributed by atoms with Gasteiger partial charge in [-0.15, -0.1) is 0 Å². The molecule has 0 spiro atoms. The minimum atomic E-state index is 0. The largest absolute Gasteiger partial charge is 0.379 e. The molecule has 6 nitrogen and oxygen atoms in total. The fourth-order valence-electron chi connectivity index (χ4n) is 4.51. The van der Waals surface area contributed by atoms with Gasteiger partial charge in [0.15, 0.2) is 0 Å². The number of carbonyl (C=O) groups is 1. The summed E-state index contributed by atoms with van der Waals surface area (Å²) in [6.45, 7) is 13.8. The van der Waals surface area contributed by atoms with Crippen LogP contribution in [0.1, 0.15) is 69.0 Å². The predicted molar refractivity (Wildman–Crippen MR) is 154 cm³/mol. The van der Waals surface area contributed by atoms with Crippen molar-refractivity contribution in [3.8, 4) is 0 Å². The summed E-state index contributed by atoms with van der Waals surface area (Å²) in [6.07, 6.45) is 5.97. The fraction of sp³-hybridized carbons (Fsp3) is 0.500. The van der Waals surface area contributed by atoms with Crippen LogP contribution in [-0.4, -0.2) is 50.2 Å². The molecule has 3 N–H and O–H groups in total. The Hall–Kier alpha value is -2.83. The molecule has 2 aromatic rings. The second kappa shape index (κ2) is 14.7. The van der Waals surface area contributed by atoms with Crippen molar-refractivity contribution in [1.29, 1.82) is 0 Å². The van der Waals surface area contributed by atoms with Gasteiger partial charge in [0.25, 0.3) is 5.91 Å². The van der Waals surface area contributed by atoms with Crippen LogP contribution in [0.4, 0.5) is 0 Å². The number of ether oxygens (including phenoxy) is 1. The molecule has 1 aliphatic carbocycles. The number of hydrogen-bond donors (Lipinski definition) is 3. The molecule has 1 heterocycles. The average molecular weight is 499 g/mol. The Balaban J connectivity index is 0.000000718. The average Bonchev–Trinajstić information content (AvgIpc) is 2.91. The molecule has 1 saturated heterocycles. The van der Waals surface area contributed by atoms with Crippen molar-refractivity contribution < 1.29 is 13.8 Å². The third kappa shape index (κ3) is 9.32. The SMILES string of the molecule is C=C(NC)NCc1ccc(C(=O)NC2CCCCC2)cc1.Cc1ccc(CN2CCOCC2)cc1C.[HH].[HH].[HH]. The number of nitrogens with one attached hydrogen (secondary N) is 3. The number of carbonyl (C=O) groups excluding carboxylic acids is 1. The smallest absolute Gasteiger partial charge is 0.251 e. The molecule has 36 heavy (non-hydrogen) atoms. The zero-order valence-electron chi connectivity index (χ0n) is 22.4. The van der Waals surface area contributed by atoms with Crippen LogP contribution in [0.5, 0.6) is 0 Å². The van der Waals surface area contributed by atoms with E-state index >= 15 is 0 Å². The van der Waals surface area contributed by atoms with Gasteiger partial charge >= 0.3 is 0 Å². The number of hydrogen-bond acceptors (Lipinski definition) is 5. The molecule has 6 heteroatoms. The Morgan fingerprint density at radius 3 is 2.31 bits per heavy atom. The highest BCUT2D eigenvalue weighted by molar-refractivity contribution is 5.94. The van der Waals surface area contributed by atoms with Crippen molar-refractivity contribution in [2.75, 3.05) is 33.4 Å². The molecule has 0 atom stereocenters. The van der Waals surface area contributed by atoms with Crippen LogP contribution in [0, 0.1) is 13.8 Å². The van der Waals surface area contributed by atoms with E-state index in [1.54, 1.807) is 0 Å². The van der Waals surface area contributed by atoms with E-state index in [4.69, 9.17) is 4.74 Å². The van der Waals surface area contributed by atoms with Gasteiger partial charge in [-0.1, -0.05) is 56.2 Å². The standard InChI is InChI=1S/C17H25N3O.C13H19NO.3H2/c1-13(18-2)19-12-14-8-10-15(11-9-14)17(21)20-16-6-4-3-5-7-16;1-11-3-4-13(9-12(11)2)10-14-5-7-15-8-6-14;;;/h8-11,16,18-19H,1,3-7,12H2,2H3,(H,20,21);3-4,9H,5-8,10H2,1-2H3;3*1H. The Labute approximate surface area is 222 Å². The Kier molecular flexibility index (Phi) is 11.3. The molecule has 0 bridgehead atoms. The first-order chi connectivity index (χ1) is 17.4. The van der Waals surface area contributed by atoms with Crippen molar-refractivity contribution >= 4 is 5.91 Å². The van der Waals surface area contributed by atoms with Crippen molar-refractivity contribution in [1.82, 2.24) is 20.9 Å². The topological polar surface area (TPSA) is 65.6 Å². The van der Waals surface area contributed by atoms with E-state index in [1.165, 1.54) is 36.0 Å². The molecule has 1 saturated carbocycles. The molecular formula is C30H50N4O2. The molecule has 1 aliphatic heterocycles. The summed E-state index contributed by atoms with van der Waals surface area (Å²) in [7, 11) is 1.83. The molecule has 0 aromatic heterocycles. The number of aryl methyl sites for hydroxylation is 2. The number of rotatable bonds is 8. The molecule has 2 aliphatic rings. The maximum Gasteiger partial charge on any atom is 0.251 e. The third-order valence-corrected chi connectivity index (χ3v) is 7.05. The fourth-order valence-corrected chi connectivity index (χ4v) is 4.51. The van der Waals surface area contributed by atoms with Crippen molar-refractivity contribution in [3.63, 3.8) is 0 Å². The van der Waals surface area contributed by atoms with Crippen molar-refractivity contribution in [2.45, 2.75) is 65.1 Å². The lowest BCUT2D eigenvalue weighted by molar-refractivity contribution is 0.0342. The Morgan fingerprint density at radius 2 is 1.67 bits per heavy atom. The van der Waals surface area contributed by atoms with Gasteiger partial charge in [0.05, 0.1) is 19.0 Å². The van der Waals surface area contributed by atoms with Crippen LogP contribution in [0.2, 0.25) is 0 Å². The monoisotopic (exact) mass is 498 g/mol. The molecule has 1 amide bonds. The molecule has 4 rings (SSSR count). The highest BCUT2D eigenvalue weighted by Crippen LogP contribution is 2.18. The second-order valence-corrected chi connectivity index (χ2v) is 9.89. The lowest BCUT2D eigenvalue weighted by Gasteiger charge is -2.26. The number of amides is 1. The van der Waals surface area contributed by atoms with Gasteiger partial charge in [-0.25, -0.2) is 0 Å². The maximum absolute atomic E-state index is 12.2. The van der Waals surface area contributed by atoms with Gasteiger partial charge < -0.3 is 20.7 Å². The molecule has 2 aromatic carbocycles. The van der Waals surface area contributed by atoms with E-state index in [1.807, 2.05) is 31.3 Å². The van der Waals surface area contributed by atoms with Crippen LogP contribution in [0.3, 0.4) is 0 Å². The van der Waals surface area contributed by atoms with Crippen LogP contribution < -0.4 is 16.0 Å². The van der Waals surface area contributed by atoms with Gasteiger partial charge in [-0.05, 0) is 61.1 Å². The van der Waals surface area contributed by atoms with Gasteiger partial charge in [-0.2, -0.15) is 0 Å². The van der Waals surface area contributed by atoms with E-state index < -0.39 is 0 Å². The normalized spacial score (nSPS) is 16.4. The van der Waals surface area contributed by atoms with Crippen LogP contribution in [-0.2, 0) is 17.8 Å². The van der Waals surface area contributed by atoms with Gasteiger partial charge in [0, 0.05) is 49.1 Å². The predicted octanol–water partition coefficient (Wildman–Crippen LogP) is 5.40. The first kappa shape index (κ1) is 27.8. The molecule has 0 unspecified atom stereocenters. The zero-order valence-corrected chi connectivity index (χ0v) is 22.4. The minimum absolute atomic E-state index is 0. The summed E-state index contributed by atoms with van der Waals surface area (Å²) in [6, 6.07) is 14.8. The lowest BCUT2D eigenvalue weighted by Crippen LogP contribution is -2.36. The molecule has 2 fully saturated rings. The van der Waals surface area contributed by atoms with E-state index in [9.17, 15) is 4.79 Å². The Morgan fingerprint density at radius 1 is 1.00 bits per heavy atom. The quantitative estimate of drug-likeness (QED) is 0.455. The summed E-state index contributed by atoms with van der Waals surface area (Å²) >= 11 is 0. The van der Waals surface area contributed by atoms with E-state index in [0.29, 0.717) is 12.6 Å². The van der Waals surface area contributed by atoms with Crippen LogP contribution >= 0.6 is 0 Å². The number of nitrogens with zero attached hydrogens (tertiary/aromatic N) is 1. The van der Waals surface area contributed by atoms with Crippen LogP contribution in [0.25, 0.3) is 0 Å². The van der Waals surface area contributed by atoms with Crippen molar-refractivity contribution in [3.05, 3.63) is 82.7 Å². The summed E-state index contributed by atoms with van der Waals surface area (Å²) in [4.78, 5) is 14.6. The second-order valence-electron chi connectivity index (χ2n) is 9.89. The number of benzene rings is 2. The first-order valence-corrected chi connectivity index (χ1v) is 13.3. The van der Waals surface area contributed by atoms with E-state index in [-0.39, 0.29) is 10.2 Å². The van der Waals surface area contributed by atoms with E-state index in [0.717, 1.165) is 62.6 Å². The maximum atomic E-state index is 12.2. The highest BCUT2D eigenvalue weighted by atomic mass is 16.5. The molecular weight excluding hydrogens is 448 g/mol. The minimum Gasteiger partial charge on any atom is -0.379 e. The van der Waals surface area contributed by atoms with E-state index in [2.05, 4.69) is 59.5 Å². The summed E-state index contributed by atoms with van der Waals surface area (Å²) in [5.74, 6) is 0.829. The van der Waals surface area contributed by atoms with Gasteiger partial charge in [-0.3, -0.25) is 9.69 Å². The Bertz CT molecular complexity index is 977. The lowest BCUT2D eigenvalue weighted by atomic mass is 9.95. The van der Waals surface area contributed by atoms with Gasteiger partial charge in [0.2, 0.25) is 0 Å². The molecule has 202 valence electrons.